The molecule has 158 valence electrons. The van der Waals surface area contributed by atoms with Crippen LogP contribution in [-0.2, 0) is 4.79 Å². The van der Waals surface area contributed by atoms with Gasteiger partial charge in [-0.2, -0.15) is 5.10 Å². The molecule has 1 amide bonds. The fraction of sp³-hybridized carbons (Fsp3) is 0.120. The van der Waals surface area contributed by atoms with Gasteiger partial charge in [-0.25, -0.2) is 4.68 Å². The standard InChI is InChI=1S/C25H20N4O3/c1-16-10-12-19(13-11-16)28-25-23(24(27-28)17-6-3-2-4-7-17)21(15-22(30)26-25)18-8-5-9-20(14-18)29(31)32/h2-14,21H,15H2,1H3,(H,26,30). The summed E-state index contributed by atoms with van der Waals surface area (Å²) in [7, 11) is 0. The quantitative estimate of drug-likeness (QED) is 0.359. The van der Waals surface area contributed by atoms with Gasteiger partial charge in [-0.05, 0) is 24.6 Å². The number of fused-ring (bicyclic) bond motifs is 1. The van der Waals surface area contributed by atoms with E-state index in [2.05, 4.69) is 5.32 Å². The second kappa shape index (κ2) is 7.77. The third kappa shape index (κ3) is 3.43. The van der Waals surface area contributed by atoms with E-state index >= 15 is 0 Å². The first-order chi connectivity index (χ1) is 15.5. The highest BCUT2D eigenvalue weighted by Gasteiger charge is 2.34. The molecule has 0 radical (unpaired) electrons. The number of nitro benzene ring substituents is 1. The number of non-ortho nitro benzene ring substituents is 1. The lowest BCUT2D eigenvalue weighted by Crippen LogP contribution is -2.25. The second-order valence-corrected chi connectivity index (χ2v) is 7.88. The molecule has 1 unspecified atom stereocenters. The smallest absolute Gasteiger partial charge is 0.269 e. The summed E-state index contributed by atoms with van der Waals surface area (Å²) in [5.41, 5.74) is 5.19. The van der Waals surface area contributed by atoms with Crippen LogP contribution >= 0.6 is 0 Å². The van der Waals surface area contributed by atoms with Gasteiger partial charge in [0.2, 0.25) is 5.91 Å². The van der Waals surface area contributed by atoms with Gasteiger partial charge in [-0.3, -0.25) is 14.9 Å². The van der Waals surface area contributed by atoms with Crippen LogP contribution in [0.25, 0.3) is 16.9 Å². The van der Waals surface area contributed by atoms with Gasteiger partial charge in [-0.15, -0.1) is 0 Å². The lowest BCUT2D eigenvalue weighted by Gasteiger charge is -2.24. The summed E-state index contributed by atoms with van der Waals surface area (Å²) in [6.45, 7) is 2.01. The van der Waals surface area contributed by atoms with E-state index in [0.717, 1.165) is 33.6 Å². The molecular weight excluding hydrogens is 404 g/mol. The van der Waals surface area contributed by atoms with Crippen molar-refractivity contribution in [3.05, 3.63) is 106 Å². The van der Waals surface area contributed by atoms with Crippen LogP contribution in [0.3, 0.4) is 0 Å². The van der Waals surface area contributed by atoms with Crippen LogP contribution in [-0.4, -0.2) is 20.6 Å². The number of carbonyl (C=O) groups is 1. The van der Waals surface area contributed by atoms with Crippen LogP contribution in [0, 0.1) is 17.0 Å². The van der Waals surface area contributed by atoms with E-state index < -0.39 is 4.92 Å². The first-order valence-electron chi connectivity index (χ1n) is 10.3. The van der Waals surface area contributed by atoms with Crippen LogP contribution in [0.4, 0.5) is 11.5 Å². The average molecular weight is 424 g/mol. The van der Waals surface area contributed by atoms with Crippen molar-refractivity contribution in [1.82, 2.24) is 9.78 Å². The van der Waals surface area contributed by atoms with Crippen molar-refractivity contribution in [3.8, 4) is 16.9 Å². The molecule has 1 aromatic heterocycles. The molecule has 5 rings (SSSR count). The summed E-state index contributed by atoms with van der Waals surface area (Å²) in [6, 6.07) is 24.2. The molecule has 0 saturated carbocycles. The van der Waals surface area contributed by atoms with E-state index in [1.165, 1.54) is 6.07 Å². The molecule has 4 aromatic rings. The molecule has 0 fully saturated rings. The maximum atomic E-state index is 12.7. The van der Waals surface area contributed by atoms with Gasteiger partial charge < -0.3 is 5.32 Å². The lowest BCUT2D eigenvalue weighted by molar-refractivity contribution is -0.384. The van der Waals surface area contributed by atoms with Crippen LogP contribution in [0.2, 0.25) is 0 Å². The Balaban J connectivity index is 1.76. The van der Waals surface area contributed by atoms with E-state index in [9.17, 15) is 14.9 Å². The van der Waals surface area contributed by atoms with Gasteiger partial charge in [0.15, 0.2) is 0 Å². The fourth-order valence-corrected chi connectivity index (χ4v) is 4.17. The Morgan fingerprint density at radius 3 is 2.50 bits per heavy atom. The third-order valence-corrected chi connectivity index (χ3v) is 5.73. The van der Waals surface area contributed by atoms with E-state index in [1.54, 1.807) is 16.8 Å². The van der Waals surface area contributed by atoms with Crippen molar-refractivity contribution in [2.24, 2.45) is 0 Å². The Bertz CT molecular complexity index is 1330. The number of rotatable bonds is 4. The van der Waals surface area contributed by atoms with Crippen molar-refractivity contribution < 1.29 is 9.72 Å². The number of nitro groups is 1. The topological polar surface area (TPSA) is 90.1 Å². The second-order valence-electron chi connectivity index (χ2n) is 7.88. The zero-order valence-corrected chi connectivity index (χ0v) is 17.4. The highest BCUT2D eigenvalue weighted by Crippen LogP contribution is 2.44. The average Bonchev–Trinajstić information content (AvgIpc) is 3.19. The Morgan fingerprint density at radius 1 is 1.03 bits per heavy atom. The summed E-state index contributed by atoms with van der Waals surface area (Å²) < 4.78 is 1.75. The van der Waals surface area contributed by atoms with Crippen molar-refractivity contribution in [3.63, 3.8) is 0 Å². The molecule has 3 aromatic carbocycles. The maximum absolute atomic E-state index is 12.7. The Labute approximate surface area is 184 Å². The molecule has 1 atom stereocenters. The number of carbonyl (C=O) groups excluding carboxylic acids is 1. The molecule has 32 heavy (non-hydrogen) atoms. The number of amides is 1. The van der Waals surface area contributed by atoms with E-state index in [4.69, 9.17) is 5.10 Å². The normalized spacial score (nSPS) is 15.2. The van der Waals surface area contributed by atoms with Gasteiger partial charge in [0.1, 0.15) is 5.82 Å². The number of benzene rings is 3. The number of aryl methyl sites for hydroxylation is 1. The van der Waals surface area contributed by atoms with Crippen LogP contribution in [0.15, 0.2) is 78.9 Å². The molecule has 0 aliphatic carbocycles. The number of aromatic nitrogens is 2. The van der Waals surface area contributed by atoms with E-state index in [0.29, 0.717) is 5.82 Å². The number of nitrogens with zero attached hydrogens (tertiary/aromatic N) is 3. The first kappa shape index (κ1) is 19.7. The van der Waals surface area contributed by atoms with Gasteiger partial charge in [-0.1, -0.05) is 60.2 Å². The highest BCUT2D eigenvalue weighted by atomic mass is 16.6. The molecule has 1 aliphatic rings. The Kier molecular flexibility index (Phi) is 4.78. The van der Waals surface area contributed by atoms with E-state index in [-0.39, 0.29) is 23.9 Å². The predicted octanol–water partition coefficient (Wildman–Crippen LogP) is 5.23. The van der Waals surface area contributed by atoms with Crippen molar-refractivity contribution in [2.75, 3.05) is 5.32 Å². The Morgan fingerprint density at radius 2 is 1.78 bits per heavy atom. The van der Waals surface area contributed by atoms with Crippen molar-refractivity contribution in [2.45, 2.75) is 19.3 Å². The van der Waals surface area contributed by atoms with Crippen LogP contribution in [0.5, 0.6) is 0 Å². The Hall–Kier alpha value is -4.26. The molecule has 2 heterocycles. The summed E-state index contributed by atoms with van der Waals surface area (Å²) in [4.78, 5) is 23.7. The van der Waals surface area contributed by atoms with Gasteiger partial charge in [0, 0.05) is 35.6 Å². The minimum Gasteiger partial charge on any atom is -0.310 e. The van der Waals surface area contributed by atoms with Gasteiger partial charge in [0.05, 0.1) is 16.3 Å². The monoisotopic (exact) mass is 424 g/mol. The molecule has 0 saturated heterocycles. The molecule has 7 heteroatoms. The molecule has 7 nitrogen and oxygen atoms in total. The largest absolute Gasteiger partial charge is 0.310 e. The van der Waals surface area contributed by atoms with Crippen molar-refractivity contribution in [1.29, 1.82) is 0 Å². The molecular formula is C25H20N4O3. The minimum atomic E-state index is -0.416. The first-order valence-corrected chi connectivity index (χ1v) is 10.3. The highest BCUT2D eigenvalue weighted by molar-refractivity contribution is 5.96. The van der Waals surface area contributed by atoms with Gasteiger partial charge in [0.25, 0.3) is 5.69 Å². The third-order valence-electron chi connectivity index (χ3n) is 5.73. The van der Waals surface area contributed by atoms with E-state index in [1.807, 2.05) is 67.6 Å². The summed E-state index contributed by atoms with van der Waals surface area (Å²) in [5.74, 6) is 0.0930. The molecule has 1 aliphatic heterocycles. The predicted molar refractivity (Wildman–Crippen MR) is 122 cm³/mol. The number of nitrogens with one attached hydrogen (secondary N) is 1. The fourth-order valence-electron chi connectivity index (χ4n) is 4.17. The molecule has 1 N–H and O–H groups in total. The number of hydrogen-bond donors (Lipinski definition) is 1. The number of anilines is 1. The lowest BCUT2D eigenvalue weighted by atomic mass is 9.84. The molecule has 0 bridgehead atoms. The zero-order chi connectivity index (χ0) is 22.2. The summed E-state index contributed by atoms with van der Waals surface area (Å²) in [6.07, 6.45) is 0.188. The van der Waals surface area contributed by atoms with Crippen LogP contribution < -0.4 is 5.32 Å². The van der Waals surface area contributed by atoms with Crippen LogP contribution in [0.1, 0.15) is 29.0 Å². The number of hydrogen-bond acceptors (Lipinski definition) is 4. The SMILES string of the molecule is Cc1ccc(-n2nc(-c3ccccc3)c3c2NC(=O)CC3c2cccc([N+](=O)[O-])c2)cc1. The van der Waals surface area contributed by atoms with Gasteiger partial charge >= 0.3 is 0 Å². The molecule has 0 spiro atoms. The maximum Gasteiger partial charge on any atom is 0.269 e. The van der Waals surface area contributed by atoms with Crippen molar-refractivity contribution >= 4 is 17.4 Å². The summed E-state index contributed by atoms with van der Waals surface area (Å²) >= 11 is 0. The summed E-state index contributed by atoms with van der Waals surface area (Å²) in [5, 5.41) is 19.3. The minimum absolute atomic E-state index is 0.00205. The zero-order valence-electron chi connectivity index (χ0n) is 17.4.